The van der Waals surface area contributed by atoms with Crippen molar-refractivity contribution in [2.24, 2.45) is 5.73 Å². The van der Waals surface area contributed by atoms with Crippen LogP contribution in [0.25, 0.3) is 0 Å². The maximum atomic E-state index is 11.5. The Morgan fingerprint density at radius 2 is 1.53 bits per heavy atom. The summed E-state index contributed by atoms with van der Waals surface area (Å²) in [5.74, 6) is 0.122. The van der Waals surface area contributed by atoms with Crippen LogP contribution in [0.15, 0.2) is 0 Å². The van der Waals surface area contributed by atoms with Gasteiger partial charge in [-0.15, -0.1) is 0 Å². The number of nitrogens with two attached hydrogens (primary N) is 1. The minimum atomic E-state index is 0.0204. The Bertz CT molecular complexity index is 212. The number of nitrogens with one attached hydrogen (secondary N) is 1. The average molecular weight is 289 g/mol. The van der Waals surface area contributed by atoms with Crippen molar-refractivity contribution in [3.05, 3.63) is 0 Å². The quantitative estimate of drug-likeness (QED) is 0.301. The fourth-order valence-electron chi connectivity index (χ4n) is 1.87. The summed E-state index contributed by atoms with van der Waals surface area (Å²) in [6, 6.07) is 0. The molecule has 3 nitrogen and oxygen atoms in total. The summed E-state index contributed by atoms with van der Waals surface area (Å²) in [6.45, 7) is 4.26. The molecule has 0 saturated carbocycles. The second-order valence-electron chi connectivity index (χ2n) is 5.17. The van der Waals surface area contributed by atoms with E-state index in [0.717, 1.165) is 12.8 Å². The van der Waals surface area contributed by atoms with Gasteiger partial charge in [0.2, 0.25) is 5.91 Å². The van der Waals surface area contributed by atoms with Crippen LogP contribution in [0.3, 0.4) is 0 Å². The fourth-order valence-corrected chi connectivity index (χ4v) is 2.42. The monoisotopic (exact) mass is 288 g/mol. The third kappa shape index (κ3) is 14.0. The van der Waals surface area contributed by atoms with Crippen LogP contribution in [0.2, 0.25) is 0 Å². The maximum absolute atomic E-state index is 11.5. The second-order valence-corrected chi connectivity index (χ2v) is 6.21. The van der Waals surface area contributed by atoms with E-state index in [1.54, 1.807) is 0 Å². The standard InChI is InChI=1S/C15H32N2OS/c1-3-5-6-7-8-9-10-11-12-13-15(18)17-19-14(16)4-2/h14H,3-13,16H2,1-2H3,(H,17,18). The first kappa shape index (κ1) is 18.8. The lowest BCUT2D eigenvalue weighted by Gasteiger charge is -2.09. The SMILES string of the molecule is CCCCCCCCCCCC(=O)NSC(N)CC. The van der Waals surface area contributed by atoms with Gasteiger partial charge in [-0.05, 0) is 24.8 Å². The van der Waals surface area contributed by atoms with E-state index in [-0.39, 0.29) is 11.3 Å². The van der Waals surface area contributed by atoms with Crippen molar-refractivity contribution in [2.45, 2.75) is 89.9 Å². The Kier molecular flexibility index (Phi) is 14.0. The van der Waals surface area contributed by atoms with E-state index < -0.39 is 0 Å². The molecule has 0 aromatic rings. The summed E-state index contributed by atoms with van der Waals surface area (Å²) in [5.41, 5.74) is 5.71. The predicted molar refractivity (Wildman–Crippen MR) is 85.8 cm³/mol. The number of rotatable bonds is 13. The highest BCUT2D eigenvalue weighted by molar-refractivity contribution is 7.98. The van der Waals surface area contributed by atoms with Gasteiger partial charge in [0.1, 0.15) is 0 Å². The van der Waals surface area contributed by atoms with Crippen LogP contribution < -0.4 is 10.5 Å². The molecule has 4 heteroatoms. The van der Waals surface area contributed by atoms with Crippen molar-refractivity contribution in [1.82, 2.24) is 4.72 Å². The van der Waals surface area contributed by atoms with Crippen LogP contribution in [0, 0.1) is 0 Å². The first-order valence-corrected chi connectivity index (χ1v) is 8.78. The van der Waals surface area contributed by atoms with E-state index >= 15 is 0 Å². The zero-order valence-electron chi connectivity index (χ0n) is 12.7. The van der Waals surface area contributed by atoms with E-state index in [9.17, 15) is 4.79 Å². The fraction of sp³-hybridized carbons (Fsp3) is 0.933. The molecule has 0 aliphatic heterocycles. The summed E-state index contributed by atoms with van der Waals surface area (Å²) in [7, 11) is 0. The molecule has 0 fully saturated rings. The molecule has 0 saturated heterocycles. The first-order valence-electron chi connectivity index (χ1n) is 7.90. The minimum absolute atomic E-state index is 0.0204. The van der Waals surface area contributed by atoms with Crippen LogP contribution in [0.5, 0.6) is 0 Å². The van der Waals surface area contributed by atoms with Gasteiger partial charge < -0.3 is 5.73 Å². The number of carbonyl (C=O) groups is 1. The van der Waals surface area contributed by atoms with Gasteiger partial charge >= 0.3 is 0 Å². The molecule has 0 heterocycles. The van der Waals surface area contributed by atoms with Gasteiger partial charge in [-0.2, -0.15) is 0 Å². The number of unbranched alkanes of at least 4 members (excludes halogenated alkanes) is 8. The van der Waals surface area contributed by atoms with Crippen molar-refractivity contribution in [2.75, 3.05) is 0 Å². The molecule has 0 spiro atoms. The van der Waals surface area contributed by atoms with Crippen molar-refractivity contribution in [3.8, 4) is 0 Å². The van der Waals surface area contributed by atoms with Crippen molar-refractivity contribution in [3.63, 3.8) is 0 Å². The first-order chi connectivity index (χ1) is 9.20. The predicted octanol–water partition coefficient (Wildman–Crippen LogP) is 4.37. The summed E-state index contributed by atoms with van der Waals surface area (Å²) in [6.07, 6.45) is 13.1. The van der Waals surface area contributed by atoms with E-state index in [1.165, 1.54) is 63.3 Å². The lowest BCUT2D eigenvalue weighted by atomic mass is 10.1. The summed E-state index contributed by atoms with van der Waals surface area (Å²) < 4.78 is 2.81. The van der Waals surface area contributed by atoms with Gasteiger partial charge in [-0.3, -0.25) is 9.52 Å². The highest BCUT2D eigenvalue weighted by atomic mass is 32.2. The van der Waals surface area contributed by atoms with Crippen molar-refractivity contribution in [1.29, 1.82) is 0 Å². The highest BCUT2D eigenvalue weighted by Crippen LogP contribution is 2.11. The van der Waals surface area contributed by atoms with Crippen LogP contribution in [0.1, 0.15) is 84.5 Å². The molecule has 0 aromatic carbocycles. The van der Waals surface area contributed by atoms with Gasteiger partial charge in [0.25, 0.3) is 0 Å². The number of hydrogen-bond acceptors (Lipinski definition) is 3. The molecule has 1 atom stereocenters. The summed E-state index contributed by atoms with van der Waals surface area (Å²) >= 11 is 1.34. The number of amides is 1. The topological polar surface area (TPSA) is 55.1 Å². The van der Waals surface area contributed by atoms with Gasteiger partial charge in [0.15, 0.2) is 0 Å². The zero-order chi connectivity index (χ0) is 14.3. The van der Waals surface area contributed by atoms with Gasteiger partial charge in [0, 0.05) is 6.42 Å². The largest absolute Gasteiger partial charge is 0.318 e. The van der Waals surface area contributed by atoms with Gasteiger partial charge in [-0.1, -0.05) is 65.2 Å². The molecule has 114 valence electrons. The molecule has 0 aliphatic carbocycles. The average Bonchev–Trinajstić information content (AvgIpc) is 2.42. The van der Waals surface area contributed by atoms with E-state index in [1.807, 2.05) is 6.92 Å². The van der Waals surface area contributed by atoms with Crippen LogP contribution >= 0.6 is 11.9 Å². The Hall–Kier alpha value is -0.220. The highest BCUT2D eigenvalue weighted by Gasteiger charge is 2.04. The lowest BCUT2D eigenvalue weighted by Crippen LogP contribution is -2.24. The zero-order valence-corrected chi connectivity index (χ0v) is 13.6. The van der Waals surface area contributed by atoms with E-state index in [0.29, 0.717) is 6.42 Å². The summed E-state index contributed by atoms with van der Waals surface area (Å²) in [4.78, 5) is 11.5. The molecular weight excluding hydrogens is 256 g/mol. The molecule has 0 aliphatic rings. The minimum Gasteiger partial charge on any atom is -0.318 e. The third-order valence-corrected chi connectivity index (χ3v) is 4.22. The Morgan fingerprint density at radius 1 is 1.00 bits per heavy atom. The van der Waals surface area contributed by atoms with Gasteiger partial charge in [-0.25, -0.2) is 0 Å². The van der Waals surface area contributed by atoms with Crippen molar-refractivity contribution < 1.29 is 4.79 Å². The Morgan fingerprint density at radius 3 is 2.05 bits per heavy atom. The van der Waals surface area contributed by atoms with Crippen LogP contribution in [0.4, 0.5) is 0 Å². The smallest absolute Gasteiger partial charge is 0.229 e. The third-order valence-electron chi connectivity index (χ3n) is 3.23. The van der Waals surface area contributed by atoms with Crippen LogP contribution in [-0.2, 0) is 4.79 Å². The van der Waals surface area contributed by atoms with E-state index in [4.69, 9.17) is 5.73 Å². The van der Waals surface area contributed by atoms with Gasteiger partial charge in [0.05, 0.1) is 5.37 Å². The molecule has 3 N–H and O–H groups in total. The molecule has 0 radical (unpaired) electrons. The Balaban J connectivity index is 3.18. The normalized spacial score (nSPS) is 12.4. The maximum Gasteiger partial charge on any atom is 0.229 e. The molecule has 0 bridgehead atoms. The van der Waals surface area contributed by atoms with Crippen molar-refractivity contribution >= 4 is 17.9 Å². The number of hydrogen-bond donors (Lipinski definition) is 2. The molecular formula is C15H32N2OS. The summed E-state index contributed by atoms with van der Waals surface area (Å²) in [5, 5.41) is 0.0204. The Labute approximate surface area is 123 Å². The molecule has 19 heavy (non-hydrogen) atoms. The van der Waals surface area contributed by atoms with Crippen LogP contribution in [-0.4, -0.2) is 11.3 Å². The molecule has 1 unspecified atom stereocenters. The molecule has 0 aromatic heterocycles. The number of carbonyl (C=O) groups excluding carboxylic acids is 1. The lowest BCUT2D eigenvalue weighted by molar-refractivity contribution is -0.119. The second kappa shape index (κ2) is 14.2. The molecule has 0 rings (SSSR count). The van der Waals surface area contributed by atoms with E-state index in [2.05, 4.69) is 11.6 Å². The molecule has 1 amide bonds.